The van der Waals surface area contributed by atoms with Gasteiger partial charge in [0.15, 0.2) is 0 Å². The molecular formula is C25H46Na2O4. The molecule has 0 bridgehead atoms. The summed E-state index contributed by atoms with van der Waals surface area (Å²) in [6.45, 7) is 4.40. The van der Waals surface area contributed by atoms with Crippen molar-refractivity contribution in [2.45, 2.75) is 142 Å². The van der Waals surface area contributed by atoms with E-state index in [0.29, 0.717) is 12.8 Å². The van der Waals surface area contributed by atoms with Gasteiger partial charge in [-0.15, -0.1) is 0 Å². The summed E-state index contributed by atoms with van der Waals surface area (Å²) in [5.74, 6) is -2.92. The van der Waals surface area contributed by atoms with Crippen molar-refractivity contribution in [2.75, 3.05) is 0 Å². The second kappa shape index (κ2) is 25.6. The van der Waals surface area contributed by atoms with Gasteiger partial charge >= 0.3 is 59.1 Å². The molecule has 0 amide bonds. The van der Waals surface area contributed by atoms with Crippen molar-refractivity contribution in [2.24, 2.45) is 5.41 Å². The Morgan fingerprint density at radius 2 is 0.710 bits per heavy atom. The fraction of sp³-hybridized carbons (Fsp3) is 0.920. The molecule has 0 saturated heterocycles. The number of carboxylic acid groups (broad SMARTS) is 2. The molecule has 0 aliphatic rings. The van der Waals surface area contributed by atoms with Gasteiger partial charge in [-0.05, 0) is 12.8 Å². The number of aliphatic carboxylic acids is 2. The molecule has 0 aromatic heterocycles. The molecule has 0 aromatic rings. The summed E-state index contributed by atoms with van der Waals surface area (Å²) < 4.78 is 0. The molecular weight excluding hydrogens is 410 g/mol. The largest absolute Gasteiger partial charge is 1.00 e. The first-order chi connectivity index (χ1) is 14.0. The van der Waals surface area contributed by atoms with Crippen LogP contribution in [0.4, 0.5) is 0 Å². The van der Waals surface area contributed by atoms with E-state index in [1.54, 1.807) is 0 Å². The molecule has 172 valence electrons. The Morgan fingerprint density at radius 3 is 0.935 bits per heavy atom. The van der Waals surface area contributed by atoms with Gasteiger partial charge in [-0.3, -0.25) is 0 Å². The maximum Gasteiger partial charge on any atom is 1.00 e. The van der Waals surface area contributed by atoms with E-state index in [2.05, 4.69) is 13.8 Å². The summed E-state index contributed by atoms with van der Waals surface area (Å²) >= 11 is 0. The number of unbranched alkanes of at least 4 members (excludes halogenated alkanes) is 16. The van der Waals surface area contributed by atoms with Crippen LogP contribution in [0.15, 0.2) is 0 Å². The zero-order valence-corrected chi connectivity index (χ0v) is 25.3. The third-order valence-electron chi connectivity index (χ3n) is 6.20. The number of hydrogen-bond donors (Lipinski definition) is 0. The van der Waals surface area contributed by atoms with Crippen LogP contribution < -0.4 is 69.3 Å². The van der Waals surface area contributed by atoms with E-state index in [-0.39, 0.29) is 72.0 Å². The van der Waals surface area contributed by atoms with Crippen LogP contribution in [0.5, 0.6) is 0 Å². The molecule has 0 rings (SSSR count). The van der Waals surface area contributed by atoms with E-state index in [1.807, 2.05) is 0 Å². The quantitative estimate of drug-likeness (QED) is 0.123. The molecule has 0 aliphatic heterocycles. The molecule has 6 heteroatoms. The summed E-state index contributed by atoms with van der Waals surface area (Å²) in [5.41, 5.74) is -1.80. The molecule has 0 atom stereocenters. The van der Waals surface area contributed by atoms with E-state index in [1.165, 1.54) is 64.2 Å². The Morgan fingerprint density at radius 1 is 0.484 bits per heavy atom. The Bertz CT molecular complexity index is 402. The standard InChI is InChI=1S/C25H48O4.2Na/c1-3-5-7-9-11-13-14-16-18-20-22-25(23(26)27,24(28)29)21-19-17-15-12-10-8-6-4-2;;/h3-22H2,1-2H3,(H,26,27)(H,28,29);;/q;2*+1/p-2. The molecule has 0 N–H and O–H groups in total. The summed E-state index contributed by atoms with van der Waals surface area (Å²) in [7, 11) is 0. The fourth-order valence-corrected chi connectivity index (χ4v) is 4.09. The molecule has 4 nitrogen and oxygen atoms in total. The normalized spacial score (nSPS) is 10.9. The molecule has 0 unspecified atom stereocenters. The summed E-state index contributed by atoms with van der Waals surface area (Å²) in [6.07, 6.45) is 20.3. The number of carbonyl (C=O) groups is 2. The summed E-state index contributed by atoms with van der Waals surface area (Å²) in [6, 6.07) is 0. The van der Waals surface area contributed by atoms with Crippen LogP contribution in [0.3, 0.4) is 0 Å². The van der Waals surface area contributed by atoms with Crippen molar-refractivity contribution < 1.29 is 78.9 Å². The van der Waals surface area contributed by atoms with E-state index >= 15 is 0 Å². The topological polar surface area (TPSA) is 80.3 Å². The minimum absolute atomic E-state index is 0. The fourth-order valence-electron chi connectivity index (χ4n) is 4.09. The molecule has 0 heterocycles. The van der Waals surface area contributed by atoms with Gasteiger partial charge in [0.1, 0.15) is 0 Å². The van der Waals surface area contributed by atoms with E-state index in [0.717, 1.165) is 38.5 Å². The molecule has 31 heavy (non-hydrogen) atoms. The Balaban J connectivity index is -0.00000392. The molecule has 0 aliphatic carbocycles. The number of hydrogen-bond acceptors (Lipinski definition) is 4. The first-order valence-electron chi connectivity index (χ1n) is 12.4. The summed E-state index contributed by atoms with van der Waals surface area (Å²) in [5, 5.41) is 23.3. The first kappa shape index (κ1) is 36.5. The van der Waals surface area contributed by atoms with E-state index < -0.39 is 17.4 Å². The zero-order valence-electron chi connectivity index (χ0n) is 21.3. The Hall–Kier alpha value is 0.940. The zero-order chi connectivity index (χ0) is 21.8. The van der Waals surface area contributed by atoms with E-state index in [4.69, 9.17) is 0 Å². The van der Waals surface area contributed by atoms with Crippen LogP contribution in [0, 0.1) is 5.41 Å². The van der Waals surface area contributed by atoms with Gasteiger partial charge in [0.05, 0.1) is 11.9 Å². The monoisotopic (exact) mass is 456 g/mol. The number of rotatable bonds is 22. The van der Waals surface area contributed by atoms with Crippen molar-refractivity contribution in [3.63, 3.8) is 0 Å². The van der Waals surface area contributed by atoms with Gasteiger partial charge < -0.3 is 19.8 Å². The van der Waals surface area contributed by atoms with Gasteiger partial charge in [0, 0.05) is 5.41 Å². The van der Waals surface area contributed by atoms with Gasteiger partial charge in [0.25, 0.3) is 0 Å². The molecule has 0 spiro atoms. The maximum absolute atomic E-state index is 11.7. The van der Waals surface area contributed by atoms with Crippen molar-refractivity contribution >= 4 is 11.9 Å². The van der Waals surface area contributed by atoms with Crippen LogP contribution in [0.25, 0.3) is 0 Å². The second-order valence-corrected chi connectivity index (χ2v) is 8.81. The maximum atomic E-state index is 11.7. The third-order valence-corrected chi connectivity index (χ3v) is 6.20. The third kappa shape index (κ3) is 19.0. The second-order valence-electron chi connectivity index (χ2n) is 8.81. The van der Waals surface area contributed by atoms with Gasteiger partial charge in [-0.25, -0.2) is 0 Å². The predicted molar refractivity (Wildman–Crippen MR) is 116 cm³/mol. The van der Waals surface area contributed by atoms with Crippen LogP contribution >= 0.6 is 0 Å². The smallest absolute Gasteiger partial charge is 0.549 e. The van der Waals surface area contributed by atoms with Gasteiger partial charge in [-0.2, -0.15) is 0 Å². The SMILES string of the molecule is CCCCCCCCCCCCC(CCCCCCCCCC)(C(=O)[O-])C(=O)[O-].[Na+].[Na+]. The van der Waals surface area contributed by atoms with Crippen LogP contribution in [-0.2, 0) is 9.59 Å². The Kier molecular flexibility index (Phi) is 30.1. The predicted octanol–water partition coefficient (Wildman–Crippen LogP) is -0.678. The number of carbonyl (C=O) groups excluding carboxylic acids is 2. The average molecular weight is 457 g/mol. The minimum atomic E-state index is -1.80. The first-order valence-corrected chi connectivity index (χ1v) is 12.4. The molecule has 0 radical (unpaired) electrons. The minimum Gasteiger partial charge on any atom is -0.549 e. The number of carboxylic acids is 2. The molecule has 0 fully saturated rings. The van der Waals surface area contributed by atoms with Crippen molar-refractivity contribution in [1.82, 2.24) is 0 Å². The molecule has 0 saturated carbocycles. The van der Waals surface area contributed by atoms with Crippen molar-refractivity contribution in [3.8, 4) is 0 Å². The van der Waals surface area contributed by atoms with E-state index in [9.17, 15) is 19.8 Å². The average Bonchev–Trinajstić information content (AvgIpc) is 2.69. The van der Waals surface area contributed by atoms with Gasteiger partial charge in [0.2, 0.25) is 0 Å². The van der Waals surface area contributed by atoms with Crippen molar-refractivity contribution in [3.05, 3.63) is 0 Å². The molecule has 0 aromatic carbocycles. The van der Waals surface area contributed by atoms with Crippen molar-refractivity contribution in [1.29, 1.82) is 0 Å². The van der Waals surface area contributed by atoms with Crippen LogP contribution in [-0.4, -0.2) is 11.9 Å². The summed E-state index contributed by atoms with van der Waals surface area (Å²) in [4.78, 5) is 23.3. The van der Waals surface area contributed by atoms with Crippen LogP contribution in [0.1, 0.15) is 142 Å². The van der Waals surface area contributed by atoms with Crippen LogP contribution in [0.2, 0.25) is 0 Å². The Labute approximate surface area is 236 Å². The van der Waals surface area contributed by atoms with Gasteiger partial charge in [-0.1, -0.05) is 129 Å².